The average Bonchev–Trinajstić information content (AvgIpc) is 2.36. The summed E-state index contributed by atoms with van der Waals surface area (Å²) in [4.78, 5) is 0. The van der Waals surface area contributed by atoms with Gasteiger partial charge in [0.1, 0.15) is 5.82 Å². The highest BCUT2D eigenvalue weighted by atomic mass is 79.9. The van der Waals surface area contributed by atoms with E-state index < -0.39 is 0 Å². The minimum absolute atomic E-state index is 0.259. The van der Waals surface area contributed by atoms with Crippen LogP contribution in [0.1, 0.15) is 5.56 Å². The SMILES string of the molecule is Fc1cc(CBr)ccc1-c1c(Cl)ccc(Cl)c1Cl. The van der Waals surface area contributed by atoms with Crippen LogP contribution in [0.15, 0.2) is 30.3 Å². The first-order valence-corrected chi connectivity index (χ1v) is 7.28. The van der Waals surface area contributed by atoms with Crippen molar-refractivity contribution in [2.24, 2.45) is 0 Å². The first-order chi connectivity index (χ1) is 8.54. The van der Waals surface area contributed by atoms with Gasteiger partial charge in [0.2, 0.25) is 0 Å². The highest BCUT2D eigenvalue weighted by Gasteiger charge is 2.15. The molecule has 5 heteroatoms. The summed E-state index contributed by atoms with van der Waals surface area (Å²) in [7, 11) is 0. The van der Waals surface area contributed by atoms with Gasteiger partial charge in [-0.05, 0) is 23.8 Å². The van der Waals surface area contributed by atoms with Gasteiger partial charge in [0.15, 0.2) is 0 Å². The fourth-order valence-electron chi connectivity index (χ4n) is 1.62. The van der Waals surface area contributed by atoms with E-state index in [-0.39, 0.29) is 10.8 Å². The summed E-state index contributed by atoms with van der Waals surface area (Å²) in [6.45, 7) is 0. The van der Waals surface area contributed by atoms with Gasteiger partial charge in [0, 0.05) is 16.5 Å². The Morgan fingerprint density at radius 2 is 1.67 bits per heavy atom. The van der Waals surface area contributed by atoms with Crippen molar-refractivity contribution >= 4 is 50.7 Å². The fourth-order valence-corrected chi connectivity index (χ4v) is 2.70. The number of hydrogen-bond acceptors (Lipinski definition) is 0. The number of hydrogen-bond donors (Lipinski definition) is 0. The lowest BCUT2D eigenvalue weighted by atomic mass is 10.0. The molecular formula is C13H7BrCl3F. The molecule has 0 radical (unpaired) electrons. The number of halogens is 5. The van der Waals surface area contributed by atoms with Gasteiger partial charge >= 0.3 is 0 Å². The third-order valence-corrected chi connectivity index (χ3v) is 4.27. The molecule has 0 aliphatic carbocycles. The maximum atomic E-state index is 14.0. The highest BCUT2D eigenvalue weighted by Crippen LogP contribution is 2.40. The second-order valence-corrected chi connectivity index (χ2v) is 5.42. The lowest BCUT2D eigenvalue weighted by Gasteiger charge is -2.10. The van der Waals surface area contributed by atoms with Gasteiger partial charge in [-0.15, -0.1) is 0 Å². The highest BCUT2D eigenvalue weighted by molar-refractivity contribution is 9.08. The summed E-state index contributed by atoms with van der Waals surface area (Å²) in [5.41, 5.74) is 1.60. The van der Waals surface area contributed by atoms with Crippen molar-refractivity contribution in [1.82, 2.24) is 0 Å². The molecule has 0 N–H and O–H groups in total. The fraction of sp³-hybridized carbons (Fsp3) is 0.0769. The van der Waals surface area contributed by atoms with E-state index in [0.29, 0.717) is 26.5 Å². The molecule has 2 aromatic carbocycles. The van der Waals surface area contributed by atoms with Crippen molar-refractivity contribution < 1.29 is 4.39 Å². The Labute approximate surface area is 128 Å². The minimum atomic E-state index is -0.377. The topological polar surface area (TPSA) is 0 Å². The Morgan fingerprint density at radius 3 is 2.28 bits per heavy atom. The number of rotatable bonds is 2. The van der Waals surface area contributed by atoms with Crippen molar-refractivity contribution in [3.63, 3.8) is 0 Å². The molecule has 0 aliphatic heterocycles. The van der Waals surface area contributed by atoms with E-state index >= 15 is 0 Å². The third-order valence-electron chi connectivity index (χ3n) is 2.50. The van der Waals surface area contributed by atoms with Crippen LogP contribution in [0.3, 0.4) is 0 Å². The minimum Gasteiger partial charge on any atom is -0.206 e. The second-order valence-electron chi connectivity index (χ2n) is 3.67. The van der Waals surface area contributed by atoms with Crippen LogP contribution in [0.4, 0.5) is 4.39 Å². The molecule has 0 amide bonds. The molecule has 0 bridgehead atoms. The smallest absolute Gasteiger partial charge is 0.131 e. The largest absolute Gasteiger partial charge is 0.206 e. The lowest BCUT2D eigenvalue weighted by Crippen LogP contribution is -1.90. The zero-order chi connectivity index (χ0) is 13.3. The lowest BCUT2D eigenvalue weighted by molar-refractivity contribution is 0.630. The molecule has 0 saturated heterocycles. The van der Waals surface area contributed by atoms with Gasteiger partial charge in [-0.2, -0.15) is 0 Å². The summed E-state index contributed by atoms with van der Waals surface area (Å²) >= 11 is 21.3. The van der Waals surface area contributed by atoms with Crippen LogP contribution in [0, 0.1) is 5.82 Å². The Morgan fingerprint density at radius 1 is 1.00 bits per heavy atom. The van der Waals surface area contributed by atoms with E-state index in [4.69, 9.17) is 34.8 Å². The second kappa shape index (κ2) is 5.79. The summed E-state index contributed by atoms with van der Waals surface area (Å²) in [6, 6.07) is 8.08. The number of alkyl halides is 1. The molecule has 0 fully saturated rings. The van der Waals surface area contributed by atoms with Gasteiger partial charge in [-0.3, -0.25) is 0 Å². The average molecular weight is 368 g/mol. The predicted octanol–water partition coefficient (Wildman–Crippen LogP) is 6.35. The molecule has 2 aromatic rings. The Hall–Kier alpha value is -0.280. The van der Waals surface area contributed by atoms with E-state index in [1.165, 1.54) is 6.07 Å². The molecule has 0 atom stereocenters. The Bertz CT molecular complexity index is 599. The normalized spacial score (nSPS) is 10.7. The van der Waals surface area contributed by atoms with Gasteiger partial charge in [0.25, 0.3) is 0 Å². The Balaban J connectivity index is 2.66. The molecular weight excluding hydrogens is 361 g/mol. The summed E-state index contributed by atoms with van der Waals surface area (Å²) < 4.78 is 14.0. The monoisotopic (exact) mass is 366 g/mol. The van der Waals surface area contributed by atoms with Crippen molar-refractivity contribution in [2.75, 3.05) is 0 Å². The molecule has 0 unspecified atom stereocenters. The van der Waals surface area contributed by atoms with Gasteiger partial charge in [-0.1, -0.05) is 62.9 Å². The first-order valence-electron chi connectivity index (χ1n) is 5.03. The van der Waals surface area contributed by atoms with E-state index in [9.17, 15) is 4.39 Å². The zero-order valence-electron chi connectivity index (χ0n) is 8.98. The molecule has 0 aromatic heterocycles. The van der Waals surface area contributed by atoms with Gasteiger partial charge in [0.05, 0.1) is 15.1 Å². The Kier molecular flexibility index (Phi) is 4.54. The quantitative estimate of drug-likeness (QED) is 0.428. The van der Waals surface area contributed by atoms with E-state index in [0.717, 1.165) is 5.56 Å². The zero-order valence-corrected chi connectivity index (χ0v) is 12.8. The van der Waals surface area contributed by atoms with Crippen LogP contribution < -0.4 is 0 Å². The van der Waals surface area contributed by atoms with Crippen LogP contribution in [0.2, 0.25) is 15.1 Å². The molecule has 0 spiro atoms. The molecule has 18 heavy (non-hydrogen) atoms. The maximum Gasteiger partial charge on any atom is 0.131 e. The van der Waals surface area contributed by atoms with Gasteiger partial charge < -0.3 is 0 Å². The molecule has 94 valence electrons. The van der Waals surface area contributed by atoms with Crippen LogP contribution >= 0.6 is 50.7 Å². The predicted molar refractivity (Wildman–Crippen MR) is 79.5 cm³/mol. The summed E-state index contributed by atoms with van der Waals surface area (Å²) in [5, 5.41) is 1.56. The maximum absolute atomic E-state index is 14.0. The molecule has 0 nitrogen and oxygen atoms in total. The summed E-state index contributed by atoms with van der Waals surface area (Å²) in [6.07, 6.45) is 0. The van der Waals surface area contributed by atoms with Crippen LogP contribution in [0.25, 0.3) is 11.1 Å². The van der Waals surface area contributed by atoms with Crippen LogP contribution in [-0.4, -0.2) is 0 Å². The van der Waals surface area contributed by atoms with Crippen molar-refractivity contribution in [1.29, 1.82) is 0 Å². The summed E-state index contributed by atoms with van der Waals surface area (Å²) in [5.74, 6) is -0.377. The standard InChI is InChI=1S/C13H7BrCl3F/c14-6-7-1-2-8(11(18)5-7)12-9(15)3-4-10(16)13(12)17/h1-5H,6H2. The number of benzene rings is 2. The molecule has 0 saturated carbocycles. The molecule has 0 aliphatic rings. The molecule has 0 heterocycles. The third kappa shape index (κ3) is 2.67. The van der Waals surface area contributed by atoms with Crippen molar-refractivity contribution in [3.05, 3.63) is 56.8 Å². The van der Waals surface area contributed by atoms with Crippen molar-refractivity contribution in [2.45, 2.75) is 5.33 Å². The van der Waals surface area contributed by atoms with Crippen LogP contribution in [-0.2, 0) is 5.33 Å². The van der Waals surface area contributed by atoms with E-state index in [1.807, 2.05) is 0 Å². The van der Waals surface area contributed by atoms with E-state index in [1.54, 1.807) is 24.3 Å². The molecule has 2 rings (SSSR count). The van der Waals surface area contributed by atoms with E-state index in [2.05, 4.69) is 15.9 Å². The van der Waals surface area contributed by atoms with Crippen LogP contribution in [0.5, 0.6) is 0 Å². The first kappa shape index (κ1) is 14.1. The van der Waals surface area contributed by atoms with Gasteiger partial charge in [-0.25, -0.2) is 4.39 Å². The van der Waals surface area contributed by atoms with Crippen molar-refractivity contribution in [3.8, 4) is 11.1 Å².